The van der Waals surface area contributed by atoms with Crippen LogP contribution in [0.3, 0.4) is 0 Å². The molecule has 1 heterocycles. The molecular formula is C15H19BrN2O2. The van der Waals surface area contributed by atoms with Crippen LogP contribution in [0.4, 0.5) is 0 Å². The summed E-state index contributed by atoms with van der Waals surface area (Å²) in [4.78, 5) is 11.5. The fraction of sp³-hybridized carbons (Fsp3) is 0.533. The second-order valence-electron chi connectivity index (χ2n) is 5.39. The molecule has 0 radical (unpaired) electrons. The van der Waals surface area contributed by atoms with Gasteiger partial charge in [-0.3, -0.25) is 4.79 Å². The SMILES string of the molecule is O=C(NCCNCc1cc(Br)cc2c1OCC2)C1CC1. The zero-order valence-electron chi connectivity index (χ0n) is 11.4. The Kier molecular flexibility index (Phi) is 4.27. The van der Waals surface area contributed by atoms with Crippen molar-refractivity contribution in [1.29, 1.82) is 0 Å². The van der Waals surface area contributed by atoms with E-state index in [9.17, 15) is 4.79 Å². The molecule has 1 fully saturated rings. The van der Waals surface area contributed by atoms with E-state index in [0.29, 0.717) is 6.54 Å². The molecule has 20 heavy (non-hydrogen) atoms. The molecule has 1 aliphatic heterocycles. The maximum atomic E-state index is 11.5. The van der Waals surface area contributed by atoms with Crippen molar-refractivity contribution in [2.24, 2.45) is 5.92 Å². The smallest absolute Gasteiger partial charge is 0.223 e. The Morgan fingerprint density at radius 1 is 1.35 bits per heavy atom. The summed E-state index contributed by atoms with van der Waals surface area (Å²) in [6.07, 6.45) is 3.10. The molecule has 2 N–H and O–H groups in total. The molecule has 1 amide bonds. The summed E-state index contributed by atoms with van der Waals surface area (Å²) in [6.45, 7) is 3.00. The lowest BCUT2D eigenvalue weighted by Crippen LogP contribution is -2.32. The first-order chi connectivity index (χ1) is 9.74. The number of rotatable bonds is 6. The van der Waals surface area contributed by atoms with Crippen LogP contribution in [-0.4, -0.2) is 25.6 Å². The summed E-state index contributed by atoms with van der Waals surface area (Å²) in [5.41, 5.74) is 2.46. The van der Waals surface area contributed by atoms with E-state index >= 15 is 0 Å². The summed E-state index contributed by atoms with van der Waals surface area (Å²) in [5, 5.41) is 6.31. The van der Waals surface area contributed by atoms with E-state index in [4.69, 9.17) is 4.74 Å². The van der Waals surface area contributed by atoms with E-state index < -0.39 is 0 Å². The fourth-order valence-electron chi connectivity index (χ4n) is 2.46. The lowest BCUT2D eigenvalue weighted by atomic mass is 10.1. The molecule has 1 aromatic carbocycles. The third-order valence-electron chi connectivity index (χ3n) is 3.69. The summed E-state index contributed by atoms with van der Waals surface area (Å²) >= 11 is 3.54. The third kappa shape index (κ3) is 3.33. The Morgan fingerprint density at radius 3 is 3.00 bits per heavy atom. The van der Waals surface area contributed by atoms with Gasteiger partial charge in [-0.2, -0.15) is 0 Å². The lowest BCUT2D eigenvalue weighted by Gasteiger charge is -2.10. The van der Waals surface area contributed by atoms with Gasteiger partial charge >= 0.3 is 0 Å². The summed E-state index contributed by atoms with van der Waals surface area (Å²) < 4.78 is 6.79. The minimum absolute atomic E-state index is 0.207. The van der Waals surface area contributed by atoms with Gasteiger partial charge in [-0.1, -0.05) is 15.9 Å². The topological polar surface area (TPSA) is 50.4 Å². The quantitative estimate of drug-likeness (QED) is 0.780. The number of hydrogen-bond acceptors (Lipinski definition) is 3. The van der Waals surface area contributed by atoms with Gasteiger partial charge in [0.25, 0.3) is 0 Å². The van der Waals surface area contributed by atoms with E-state index in [-0.39, 0.29) is 11.8 Å². The van der Waals surface area contributed by atoms with Crippen LogP contribution in [0.1, 0.15) is 24.0 Å². The van der Waals surface area contributed by atoms with Crippen LogP contribution in [0.2, 0.25) is 0 Å². The monoisotopic (exact) mass is 338 g/mol. The van der Waals surface area contributed by atoms with Gasteiger partial charge in [0.05, 0.1) is 6.61 Å². The molecular weight excluding hydrogens is 320 g/mol. The molecule has 2 aliphatic rings. The molecule has 0 atom stereocenters. The van der Waals surface area contributed by atoms with Gasteiger partial charge < -0.3 is 15.4 Å². The van der Waals surface area contributed by atoms with E-state index in [1.165, 1.54) is 11.1 Å². The number of nitrogens with one attached hydrogen (secondary N) is 2. The van der Waals surface area contributed by atoms with Crippen molar-refractivity contribution in [3.8, 4) is 5.75 Å². The predicted octanol–water partition coefficient (Wildman–Crippen LogP) is 2.00. The second-order valence-corrected chi connectivity index (χ2v) is 6.31. The number of amides is 1. The molecule has 0 aromatic heterocycles. The van der Waals surface area contributed by atoms with Crippen molar-refractivity contribution in [2.45, 2.75) is 25.8 Å². The highest BCUT2D eigenvalue weighted by atomic mass is 79.9. The van der Waals surface area contributed by atoms with Crippen LogP contribution in [-0.2, 0) is 17.8 Å². The molecule has 0 saturated heterocycles. The minimum atomic E-state index is 0.207. The molecule has 0 unspecified atom stereocenters. The standard InChI is InChI=1S/C15H19BrN2O2/c16-13-7-11-3-6-20-14(11)12(8-13)9-17-4-5-18-15(19)10-1-2-10/h7-8,10,17H,1-6,9H2,(H,18,19). The van der Waals surface area contributed by atoms with E-state index in [1.54, 1.807) is 0 Å². The first-order valence-electron chi connectivity index (χ1n) is 7.16. The Balaban J connectivity index is 1.45. The number of benzene rings is 1. The Hall–Kier alpha value is -1.07. The van der Waals surface area contributed by atoms with Crippen molar-refractivity contribution in [2.75, 3.05) is 19.7 Å². The average molecular weight is 339 g/mol. The van der Waals surface area contributed by atoms with Crippen LogP contribution < -0.4 is 15.4 Å². The van der Waals surface area contributed by atoms with Gasteiger partial charge in [-0.25, -0.2) is 0 Å². The number of carbonyl (C=O) groups excluding carboxylic acids is 1. The minimum Gasteiger partial charge on any atom is -0.493 e. The first kappa shape index (κ1) is 13.9. The van der Waals surface area contributed by atoms with Crippen LogP contribution >= 0.6 is 15.9 Å². The third-order valence-corrected chi connectivity index (χ3v) is 4.15. The zero-order chi connectivity index (χ0) is 13.9. The maximum Gasteiger partial charge on any atom is 0.223 e. The maximum absolute atomic E-state index is 11.5. The highest BCUT2D eigenvalue weighted by Crippen LogP contribution is 2.32. The predicted molar refractivity (Wildman–Crippen MR) is 80.8 cm³/mol. The number of fused-ring (bicyclic) bond motifs is 1. The Bertz CT molecular complexity index is 515. The van der Waals surface area contributed by atoms with Crippen molar-refractivity contribution >= 4 is 21.8 Å². The molecule has 3 rings (SSSR count). The first-order valence-corrected chi connectivity index (χ1v) is 7.96. The van der Waals surface area contributed by atoms with Gasteiger partial charge in [0.2, 0.25) is 5.91 Å². The van der Waals surface area contributed by atoms with E-state index in [1.807, 2.05) is 0 Å². The van der Waals surface area contributed by atoms with Gasteiger partial charge in [0.15, 0.2) is 0 Å². The van der Waals surface area contributed by atoms with Crippen LogP contribution in [0.5, 0.6) is 5.75 Å². The molecule has 108 valence electrons. The molecule has 5 heteroatoms. The van der Waals surface area contributed by atoms with Crippen LogP contribution in [0.25, 0.3) is 0 Å². The number of hydrogen-bond donors (Lipinski definition) is 2. The average Bonchev–Trinajstić information content (AvgIpc) is 3.17. The number of halogens is 1. The zero-order valence-corrected chi connectivity index (χ0v) is 13.0. The molecule has 0 spiro atoms. The van der Waals surface area contributed by atoms with Crippen molar-refractivity contribution in [3.05, 3.63) is 27.7 Å². The van der Waals surface area contributed by atoms with Crippen molar-refractivity contribution in [1.82, 2.24) is 10.6 Å². The van der Waals surface area contributed by atoms with E-state index in [2.05, 4.69) is 38.7 Å². The van der Waals surface area contributed by atoms with Crippen LogP contribution in [0.15, 0.2) is 16.6 Å². The van der Waals surface area contributed by atoms with Gasteiger partial charge in [0.1, 0.15) is 5.75 Å². The Labute approximate surface area is 127 Å². The summed E-state index contributed by atoms with van der Waals surface area (Å²) in [7, 11) is 0. The molecule has 1 aliphatic carbocycles. The van der Waals surface area contributed by atoms with Gasteiger partial charge in [-0.15, -0.1) is 0 Å². The Morgan fingerprint density at radius 2 is 2.20 bits per heavy atom. The second kappa shape index (κ2) is 6.14. The van der Waals surface area contributed by atoms with Crippen molar-refractivity contribution < 1.29 is 9.53 Å². The molecule has 1 saturated carbocycles. The van der Waals surface area contributed by atoms with Gasteiger partial charge in [-0.05, 0) is 30.5 Å². The summed E-state index contributed by atoms with van der Waals surface area (Å²) in [6, 6.07) is 4.22. The highest BCUT2D eigenvalue weighted by Gasteiger charge is 2.28. The van der Waals surface area contributed by atoms with E-state index in [0.717, 1.165) is 49.2 Å². The molecule has 1 aromatic rings. The number of ether oxygens (including phenoxy) is 1. The van der Waals surface area contributed by atoms with Crippen molar-refractivity contribution in [3.63, 3.8) is 0 Å². The fourth-order valence-corrected chi connectivity index (χ4v) is 3.02. The van der Waals surface area contributed by atoms with Gasteiger partial charge in [0, 0.05) is 42.0 Å². The highest BCUT2D eigenvalue weighted by molar-refractivity contribution is 9.10. The largest absolute Gasteiger partial charge is 0.493 e. The molecule has 0 bridgehead atoms. The normalized spacial score (nSPS) is 16.6. The van der Waals surface area contributed by atoms with Crippen LogP contribution in [0, 0.1) is 5.92 Å². The lowest BCUT2D eigenvalue weighted by molar-refractivity contribution is -0.122. The summed E-state index contributed by atoms with van der Waals surface area (Å²) in [5.74, 6) is 1.53. The molecule has 4 nitrogen and oxygen atoms in total. The number of carbonyl (C=O) groups is 1.